The molecule has 9 heteroatoms. The van der Waals surface area contributed by atoms with Gasteiger partial charge in [-0.25, -0.2) is 4.79 Å². The number of ether oxygens (including phenoxy) is 1. The van der Waals surface area contributed by atoms with Gasteiger partial charge in [0.15, 0.2) is 0 Å². The molecule has 0 saturated carbocycles. The number of amides is 2. The van der Waals surface area contributed by atoms with Gasteiger partial charge in [-0.3, -0.25) is 19.6 Å². The van der Waals surface area contributed by atoms with E-state index in [0.29, 0.717) is 5.69 Å². The highest BCUT2D eigenvalue weighted by Crippen LogP contribution is 2.44. The molecule has 0 bridgehead atoms. The SMILES string of the molecule is O=C(O)CC(NC(=O)OCC1c2ccccc2-c2ccccc21)C(=O)NCc1cnccn1. The Morgan fingerprint density at radius 3 is 2.27 bits per heavy atom. The number of carbonyl (C=O) groups is 3. The van der Waals surface area contributed by atoms with E-state index in [-0.39, 0.29) is 19.1 Å². The average Bonchev–Trinajstić information content (AvgIpc) is 3.15. The molecule has 1 atom stereocenters. The molecule has 2 amide bonds. The third kappa shape index (κ3) is 5.15. The summed E-state index contributed by atoms with van der Waals surface area (Å²) in [4.78, 5) is 44.1. The fourth-order valence-electron chi connectivity index (χ4n) is 3.89. The number of alkyl carbamates (subject to hydrolysis) is 1. The van der Waals surface area contributed by atoms with E-state index in [4.69, 9.17) is 9.84 Å². The second kappa shape index (κ2) is 9.90. The lowest BCUT2D eigenvalue weighted by atomic mass is 9.98. The fourth-order valence-corrected chi connectivity index (χ4v) is 3.89. The monoisotopic (exact) mass is 446 g/mol. The number of nitrogens with one attached hydrogen (secondary N) is 2. The maximum Gasteiger partial charge on any atom is 0.407 e. The summed E-state index contributed by atoms with van der Waals surface area (Å²) in [5.41, 5.74) is 4.79. The van der Waals surface area contributed by atoms with Gasteiger partial charge in [-0.1, -0.05) is 48.5 Å². The van der Waals surface area contributed by atoms with Gasteiger partial charge in [-0.15, -0.1) is 0 Å². The molecule has 0 aliphatic heterocycles. The highest BCUT2D eigenvalue weighted by atomic mass is 16.5. The Balaban J connectivity index is 1.39. The number of hydrogen-bond donors (Lipinski definition) is 3. The first-order chi connectivity index (χ1) is 16.0. The Morgan fingerprint density at radius 1 is 1.00 bits per heavy atom. The van der Waals surface area contributed by atoms with Gasteiger partial charge in [0.1, 0.15) is 12.6 Å². The van der Waals surface area contributed by atoms with Crippen molar-refractivity contribution in [2.75, 3.05) is 6.61 Å². The van der Waals surface area contributed by atoms with Gasteiger partial charge in [-0.05, 0) is 22.3 Å². The summed E-state index contributed by atoms with van der Waals surface area (Å²) >= 11 is 0. The van der Waals surface area contributed by atoms with Gasteiger partial charge in [0.2, 0.25) is 5.91 Å². The van der Waals surface area contributed by atoms with Crippen LogP contribution in [-0.4, -0.2) is 45.7 Å². The number of fused-ring (bicyclic) bond motifs is 3. The van der Waals surface area contributed by atoms with Crippen molar-refractivity contribution in [1.29, 1.82) is 0 Å². The molecule has 0 radical (unpaired) electrons. The molecule has 0 fully saturated rings. The number of aromatic nitrogens is 2. The highest BCUT2D eigenvalue weighted by molar-refractivity contribution is 5.89. The molecule has 0 saturated heterocycles. The molecule has 33 heavy (non-hydrogen) atoms. The van der Waals surface area contributed by atoms with Gasteiger partial charge in [0, 0.05) is 18.3 Å². The molecular formula is C24H22N4O5. The van der Waals surface area contributed by atoms with Crippen molar-refractivity contribution in [1.82, 2.24) is 20.6 Å². The van der Waals surface area contributed by atoms with Crippen LogP contribution in [0.15, 0.2) is 67.1 Å². The van der Waals surface area contributed by atoms with E-state index >= 15 is 0 Å². The minimum absolute atomic E-state index is 0.0508. The summed E-state index contributed by atoms with van der Waals surface area (Å²) in [5.74, 6) is -2.03. The number of carbonyl (C=O) groups excluding carboxylic acids is 2. The topological polar surface area (TPSA) is 131 Å². The van der Waals surface area contributed by atoms with E-state index in [0.717, 1.165) is 22.3 Å². The number of nitrogens with zero attached hydrogens (tertiary/aromatic N) is 2. The zero-order chi connectivity index (χ0) is 23.2. The molecule has 1 heterocycles. The third-order valence-electron chi connectivity index (χ3n) is 5.39. The van der Waals surface area contributed by atoms with Crippen LogP contribution in [0.3, 0.4) is 0 Å². The van der Waals surface area contributed by atoms with E-state index in [1.165, 1.54) is 18.6 Å². The molecule has 9 nitrogen and oxygen atoms in total. The smallest absolute Gasteiger partial charge is 0.407 e. The molecule has 1 aliphatic carbocycles. The first-order valence-corrected chi connectivity index (χ1v) is 10.4. The number of aliphatic carboxylic acids is 1. The maximum atomic E-state index is 12.5. The van der Waals surface area contributed by atoms with Crippen LogP contribution in [0.25, 0.3) is 11.1 Å². The van der Waals surface area contributed by atoms with E-state index in [9.17, 15) is 14.4 Å². The van der Waals surface area contributed by atoms with Crippen molar-refractivity contribution in [3.63, 3.8) is 0 Å². The predicted octanol–water partition coefficient (Wildman–Crippen LogP) is 2.47. The predicted molar refractivity (Wildman–Crippen MR) is 118 cm³/mol. The largest absolute Gasteiger partial charge is 0.481 e. The second-order valence-corrected chi connectivity index (χ2v) is 7.53. The van der Waals surface area contributed by atoms with E-state index in [1.54, 1.807) is 0 Å². The van der Waals surface area contributed by atoms with Crippen LogP contribution in [0.2, 0.25) is 0 Å². The Hall–Kier alpha value is -4.27. The Kier molecular flexibility index (Phi) is 6.58. The first-order valence-electron chi connectivity index (χ1n) is 10.4. The molecule has 1 aliphatic rings. The normalized spacial score (nSPS) is 12.8. The van der Waals surface area contributed by atoms with Gasteiger partial charge in [0.05, 0.1) is 24.9 Å². The molecule has 3 N–H and O–H groups in total. The number of benzene rings is 2. The molecule has 1 unspecified atom stereocenters. The fraction of sp³-hybridized carbons (Fsp3) is 0.208. The number of carboxylic acids is 1. The highest BCUT2D eigenvalue weighted by Gasteiger charge is 2.30. The molecule has 4 rings (SSSR count). The average molecular weight is 446 g/mol. The summed E-state index contributed by atoms with van der Waals surface area (Å²) in [6.07, 6.45) is 3.00. The maximum absolute atomic E-state index is 12.5. The second-order valence-electron chi connectivity index (χ2n) is 7.53. The van der Waals surface area contributed by atoms with Crippen molar-refractivity contribution in [2.45, 2.75) is 24.9 Å². The molecule has 168 valence electrons. The van der Waals surface area contributed by atoms with Crippen LogP contribution >= 0.6 is 0 Å². The Labute approximate surface area is 189 Å². The summed E-state index contributed by atoms with van der Waals surface area (Å²) < 4.78 is 5.42. The summed E-state index contributed by atoms with van der Waals surface area (Å²) in [7, 11) is 0. The minimum Gasteiger partial charge on any atom is -0.481 e. The van der Waals surface area contributed by atoms with Crippen LogP contribution in [0, 0.1) is 0 Å². The molecule has 0 spiro atoms. The lowest BCUT2D eigenvalue weighted by Gasteiger charge is -2.18. The molecule has 2 aromatic carbocycles. The van der Waals surface area contributed by atoms with Gasteiger partial charge < -0.3 is 20.5 Å². The standard InChI is InChI=1S/C24H22N4O5/c29-22(30)11-21(23(31)27-13-15-12-25-9-10-26-15)28-24(32)33-14-20-18-7-3-1-5-16(18)17-6-2-4-8-19(17)20/h1-10,12,20-21H,11,13-14H2,(H,27,31)(H,28,32)(H,29,30). The number of hydrogen-bond acceptors (Lipinski definition) is 6. The summed E-state index contributed by atoms with van der Waals surface area (Å²) in [6, 6.07) is 14.5. The van der Waals surface area contributed by atoms with Crippen molar-refractivity contribution in [3.05, 3.63) is 83.9 Å². The summed E-state index contributed by atoms with van der Waals surface area (Å²) in [6.45, 7) is 0.107. The number of rotatable bonds is 8. The summed E-state index contributed by atoms with van der Waals surface area (Å²) in [5, 5.41) is 14.1. The molecular weight excluding hydrogens is 424 g/mol. The van der Waals surface area contributed by atoms with Gasteiger partial charge >= 0.3 is 12.1 Å². The number of carboxylic acid groups (broad SMARTS) is 1. The first kappa shape index (κ1) is 21.9. The minimum atomic E-state index is -1.30. The van der Waals surface area contributed by atoms with E-state index in [1.807, 2.05) is 48.5 Å². The molecule has 3 aromatic rings. The van der Waals surface area contributed by atoms with Crippen LogP contribution < -0.4 is 10.6 Å². The van der Waals surface area contributed by atoms with Gasteiger partial charge in [0.25, 0.3) is 0 Å². The Morgan fingerprint density at radius 2 is 1.67 bits per heavy atom. The van der Waals surface area contributed by atoms with Crippen LogP contribution in [0.4, 0.5) is 4.79 Å². The zero-order valence-electron chi connectivity index (χ0n) is 17.6. The molecule has 1 aromatic heterocycles. The van der Waals surface area contributed by atoms with Crippen molar-refractivity contribution < 1.29 is 24.2 Å². The van der Waals surface area contributed by atoms with Gasteiger partial charge in [-0.2, -0.15) is 0 Å². The van der Waals surface area contributed by atoms with Crippen molar-refractivity contribution >= 4 is 18.0 Å². The zero-order valence-corrected chi connectivity index (χ0v) is 17.6. The van der Waals surface area contributed by atoms with Crippen molar-refractivity contribution in [2.24, 2.45) is 0 Å². The lowest BCUT2D eigenvalue weighted by Crippen LogP contribution is -2.48. The van der Waals surface area contributed by atoms with Crippen molar-refractivity contribution in [3.8, 4) is 11.1 Å². The van der Waals surface area contributed by atoms with Crippen LogP contribution in [-0.2, 0) is 20.9 Å². The lowest BCUT2D eigenvalue weighted by molar-refractivity contribution is -0.139. The van der Waals surface area contributed by atoms with E-state index < -0.39 is 30.4 Å². The quantitative estimate of drug-likeness (QED) is 0.484. The third-order valence-corrected chi connectivity index (χ3v) is 5.39. The Bertz CT molecular complexity index is 1120. The van der Waals surface area contributed by atoms with Crippen LogP contribution in [0.5, 0.6) is 0 Å². The van der Waals surface area contributed by atoms with Crippen LogP contribution in [0.1, 0.15) is 29.2 Å². The van der Waals surface area contributed by atoms with E-state index in [2.05, 4.69) is 20.6 Å².